The normalized spacial score (nSPS) is 12.8. The van der Waals surface area contributed by atoms with Crippen LogP contribution in [0.3, 0.4) is 0 Å². The molecule has 0 radical (unpaired) electrons. The smallest absolute Gasteiger partial charge is 0.0931 e. The molecule has 0 fully saturated rings. The van der Waals surface area contributed by atoms with E-state index in [-0.39, 0.29) is 0 Å². The minimum Gasteiger partial charge on any atom is -0.316 e. The van der Waals surface area contributed by atoms with Crippen molar-refractivity contribution in [1.29, 1.82) is 0 Å². The van der Waals surface area contributed by atoms with Crippen LogP contribution in [0, 0.1) is 12.8 Å². The van der Waals surface area contributed by atoms with Crippen molar-refractivity contribution in [3.05, 3.63) is 56.7 Å². The number of benzene rings is 1. The molecule has 0 aliphatic carbocycles. The molecule has 1 N–H and O–H groups in total. The number of rotatable bonds is 7. The van der Waals surface area contributed by atoms with Gasteiger partial charge in [0, 0.05) is 17.3 Å². The molecule has 0 aliphatic heterocycles. The third-order valence-corrected chi connectivity index (χ3v) is 4.90. The Hall–Kier alpha value is -0.830. The average molecular weight is 322 g/mol. The van der Waals surface area contributed by atoms with Crippen LogP contribution >= 0.6 is 22.9 Å². The highest BCUT2D eigenvalue weighted by Gasteiger charge is 2.15. The van der Waals surface area contributed by atoms with E-state index >= 15 is 0 Å². The summed E-state index contributed by atoms with van der Waals surface area (Å²) in [6.07, 6.45) is 1.05. The Bertz CT molecular complexity index is 562. The largest absolute Gasteiger partial charge is 0.316 e. The summed E-state index contributed by atoms with van der Waals surface area (Å²) in [4.78, 5) is 1.36. The Kier molecular flexibility index (Phi) is 6.28. The molecule has 0 amide bonds. The van der Waals surface area contributed by atoms with Crippen molar-refractivity contribution >= 4 is 22.9 Å². The van der Waals surface area contributed by atoms with Crippen LogP contribution in [0.25, 0.3) is 0 Å². The van der Waals surface area contributed by atoms with E-state index in [2.05, 4.69) is 56.4 Å². The van der Waals surface area contributed by atoms with Crippen molar-refractivity contribution < 1.29 is 0 Å². The third-order valence-electron chi connectivity index (χ3n) is 3.65. The molecule has 1 aromatic heterocycles. The van der Waals surface area contributed by atoms with Crippen LogP contribution in [0.5, 0.6) is 0 Å². The topological polar surface area (TPSA) is 12.0 Å². The van der Waals surface area contributed by atoms with Gasteiger partial charge in [0.1, 0.15) is 0 Å². The maximum Gasteiger partial charge on any atom is 0.0931 e. The van der Waals surface area contributed by atoms with Crippen molar-refractivity contribution in [2.45, 2.75) is 33.1 Å². The lowest BCUT2D eigenvalue weighted by molar-refractivity contribution is 0.514. The summed E-state index contributed by atoms with van der Waals surface area (Å²) in [5.74, 6) is 1.18. The Morgan fingerprint density at radius 3 is 2.48 bits per heavy atom. The molecule has 1 unspecified atom stereocenters. The number of nitrogens with one attached hydrogen (secondary N) is 1. The Labute approximate surface area is 137 Å². The highest BCUT2D eigenvalue weighted by molar-refractivity contribution is 7.16. The van der Waals surface area contributed by atoms with Gasteiger partial charge in [-0.3, -0.25) is 0 Å². The molecule has 1 atom stereocenters. The molecule has 1 heterocycles. The zero-order chi connectivity index (χ0) is 15.2. The predicted octanol–water partition coefficient (Wildman–Crippen LogP) is 5.28. The number of aryl methyl sites for hydroxylation is 1. The van der Waals surface area contributed by atoms with E-state index < -0.39 is 0 Å². The summed E-state index contributed by atoms with van der Waals surface area (Å²) >= 11 is 7.76. The predicted molar refractivity (Wildman–Crippen MR) is 94.7 cm³/mol. The SMILES string of the molecule is Cc1ccccc1C(CNCC(C)C)Cc1ccc(Cl)s1. The zero-order valence-corrected chi connectivity index (χ0v) is 14.6. The van der Waals surface area contributed by atoms with Crippen LogP contribution in [0.1, 0.15) is 35.8 Å². The van der Waals surface area contributed by atoms with Gasteiger partial charge in [0.2, 0.25) is 0 Å². The van der Waals surface area contributed by atoms with E-state index in [0.29, 0.717) is 11.8 Å². The highest BCUT2D eigenvalue weighted by atomic mass is 35.5. The Balaban J connectivity index is 2.12. The summed E-state index contributed by atoms with van der Waals surface area (Å²) in [5, 5.41) is 3.61. The monoisotopic (exact) mass is 321 g/mol. The molecule has 2 rings (SSSR count). The van der Waals surface area contributed by atoms with Gasteiger partial charge < -0.3 is 5.32 Å². The van der Waals surface area contributed by atoms with Gasteiger partial charge >= 0.3 is 0 Å². The maximum atomic E-state index is 6.07. The quantitative estimate of drug-likeness (QED) is 0.731. The summed E-state index contributed by atoms with van der Waals surface area (Å²) < 4.78 is 0.878. The van der Waals surface area contributed by atoms with Gasteiger partial charge in [0.25, 0.3) is 0 Å². The van der Waals surface area contributed by atoms with Crippen LogP contribution in [0.4, 0.5) is 0 Å². The molecule has 0 aliphatic rings. The lowest BCUT2D eigenvalue weighted by Crippen LogP contribution is -2.26. The Morgan fingerprint density at radius 1 is 1.10 bits per heavy atom. The van der Waals surface area contributed by atoms with E-state index in [0.717, 1.165) is 23.8 Å². The second-order valence-electron chi connectivity index (χ2n) is 6.02. The number of hydrogen-bond donors (Lipinski definition) is 1. The summed E-state index contributed by atoms with van der Waals surface area (Å²) in [6.45, 7) is 8.77. The van der Waals surface area contributed by atoms with Crippen molar-refractivity contribution in [2.75, 3.05) is 13.1 Å². The number of hydrogen-bond acceptors (Lipinski definition) is 2. The highest BCUT2D eigenvalue weighted by Crippen LogP contribution is 2.29. The lowest BCUT2D eigenvalue weighted by Gasteiger charge is -2.20. The molecule has 2 aromatic rings. The molecule has 0 saturated heterocycles. The summed E-state index contributed by atoms with van der Waals surface area (Å²) in [7, 11) is 0. The average Bonchev–Trinajstić information content (AvgIpc) is 2.83. The molecule has 0 bridgehead atoms. The van der Waals surface area contributed by atoms with Crippen LogP contribution < -0.4 is 5.32 Å². The lowest BCUT2D eigenvalue weighted by atomic mass is 9.91. The van der Waals surface area contributed by atoms with Gasteiger partial charge in [-0.2, -0.15) is 0 Å². The standard InChI is InChI=1S/C18H24ClNS/c1-13(2)11-20-12-15(10-16-8-9-18(19)21-16)17-7-5-4-6-14(17)3/h4-9,13,15,20H,10-12H2,1-3H3. The van der Waals surface area contributed by atoms with E-state index in [1.165, 1.54) is 16.0 Å². The van der Waals surface area contributed by atoms with Crippen LogP contribution in [0.15, 0.2) is 36.4 Å². The molecule has 0 spiro atoms. The van der Waals surface area contributed by atoms with Gasteiger partial charge in [0.15, 0.2) is 0 Å². The number of thiophene rings is 1. The van der Waals surface area contributed by atoms with Crippen LogP contribution in [0.2, 0.25) is 4.34 Å². The molecular formula is C18H24ClNS. The van der Waals surface area contributed by atoms with E-state index in [1.54, 1.807) is 11.3 Å². The second kappa shape index (κ2) is 7.98. The van der Waals surface area contributed by atoms with Gasteiger partial charge in [-0.1, -0.05) is 49.7 Å². The first-order valence-corrected chi connectivity index (χ1v) is 8.76. The van der Waals surface area contributed by atoms with Gasteiger partial charge in [-0.05, 0) is 49.1 Å². The maximum absolute atomic E-state index is 6.07. The molecule has 0 saturated carbocycles. The fraction of sp³-hybridized carbons (Fsp3) is 0.444. The number of halogens is 1. The summed E-state index contributed by atoms with van der Waals surface area (Å²) in [6, 6.07) is 12.9. The fourth-order valence-corrected chi connectivity index (χ4v) is 3.75. The van der Waals surface area contributed by atoms with Gasteiger partial charge in [0.05, 0.1) is 4.34 Å². The minimum atomic E-state index is 0.500. The molecule has 1 nitrogen and oxygen atoms in total. The first-order chi connectivity index (χ1) is 10.1. The second-order valence-corrected chi connectivity index (χ2v) is 7.82. The van der Waals surface area contributed by atoms with Crippen molar-refractivity contribution in [1.82, 2.24) is 5.32 Å². The minimum absolute atomic E-state index is 0.500. The summed E-state index contributed by atoms with van der Waals surface area (Å²) in [5.41, 5.74) is 2.81. The molecule has 21 heavy (non-hydrogen) atoms. The van der Waals surface area contributed by atoms with Crippen molar-refractivity contribution in [3.63, 3.8) is 0 Å². The van der Waals surface area contributed by atoms with E-state index in [4.69, 9.17) is 11.6 Å². The van der Waals surface area contributed by atoms with Crippen molar-refractivity contribution in [2.24, 2.45) is 5.92 Å². The molecule has 1 aromatic carbocycles. The van der Waals surface area contributed by atoms with Crippen molar-refractivity contribution in [3.8, 4) is 0 Å². The fourth-order valence-electron chi connectivity index (χ4n) is 2.59. The first kappa shape index (κ1) is 16.5. The van der Waals surface area contributed by atoms with Gasteiger partial charge in [-0.15, -0.1) is 11.3 Å². The van der Waals surface area contributed by atoms with Crippen LogP contribution in [-0.2, 0) is 6.42 Å². The zero-order valence-electron chi connectivity index (χ0n) is 13.0. The van der Waals surface area contributed by atoms with E-state index in [1.807, 2.05) is 6.07 Å². The Morgan fingerprint density at radius 2 is 1.86 bits per heavy atom. The van der Waals surface area contributed by atoms with Gasteiger partial charge in [-0.25, -0.2) is 0 Å². The molecule has 114 valence electrons. The van der Waals surface area contributed by atoms with Crippen LogP contribution in [-0.4, -0.2) is 13.1 Å². The van der Waals surface area contributed by atoms with E-state index in [9.17, 15) is 0 Å². The first-order valence-electron chi connectivity index (χ1n) is 7.56. The molecular weight excluding hydrogens is 298 g/mol. The third kappa shape index (κ3) is 5.14. The molecule has 3 heteroatoms.